The molecule has 1 aliphatic rings. The van der Waals surface area contributed by atoms with E-state index in [0.717, 1.165) is 49.8 Å². The molecule has 0 N–H and O–H groups in total. The van der Waals surface area contributed by atoms with Gasteiger partial charge < -0.3 is 9.30 Å². The summed E-state index contributed by atoms with van der Waals surface area (Å²) in [4.78, 5) is 9.43. The maximum Gasteiger partial charge on any atom is 0.137 e. The van der Waals surface area contributed by atoms with Crippen LogP contribution in [0.3, 0.4) is 0 Å². The molecule has 0 radical (unpaired) electrons. The van der Waals surface area contributed by atoms with Crippen LogP contribution >= 0.6 is 0 Å². The molecular formula is C19H21FN4. The van der Waals surface area contributed by atoms with Crippen molar-refractivity contribution in [2.45, 2.75) is 13.5 Å². The van der Waals surface area contributed by atoms with Crippen molar-refractivity contribution in [1.82, 2.24) is 14.3 Å². The number of halogens is 1. The molecule has 1 fully saturated rings. The third-order valence-corrected chi connectivity index (χ3v) is 4.60. The number of rotatable bonds is 3. The van der Waals surface area contributed by atoms with E-state index in [0.29, 0.717) is 0 Å². The smallest absolute Gasteiger partial charge is 0.137 e. The second-order valence-corrected chi connectivity index (χ2v) is 6.44. The average molecular weight is 324 g/mol. The highest BCUT2D eigenvalue weighted by Gasteiger charge is 2.18. The van der Waals surface area contributed by atoms with Crippen molar-refractivity contribution in [3.63, 3.8) is 0 Å². The maximum atomic E-state index is 13.0. The van der Waals surface area contributed by atoms with Gasteiger partial charge in [-0.2, -0.15) is 0 Å². The van der Waals surface area contributed by atoms with Crippen LogP contribution in [0.5, 0.6) is 0 Å². The molecule has 0 spiro atoms. The highest BCUT2D eigenvalue weighted by atomic mass is 19.1. The zero-order valence-corrected chi connectivity index (χ0v) is 13.8. The first-order valence-electron chi connectivity index (χ1n) is 8.34. The van der Waals surface area contributed by atoms with Gasteiger partial charge in [0.2, 0.25) is 0 Å². The first kappa shape index (κ1) is 15.1. The van der Waals surface area contributed by atoms with E-state index in [9.17, 15) is 4.39 Å². The van der Waals surface area contributed by atoms with Gasteiger partial charge in [0.05, 0.1) is 5.69 Å². The monoisotopic (exact) mass is 324 g/mol. The topological polar surface area (TPSA) is 23.8 Å². The summed E-state index contributed by atoms with van der Waals surface area (Å²) in [5, 5.41) is 0. The lowest BCUT2D eigenvalue weighted by Crippen LogP contribution is -2.46. The van der Waals surface area contributed by atoms with Crippen molar-refractivity contribution >= 4 is 11.3 Å². The van der Waals surface area contributed by atoms with Gasteiger partial charge in [-0.25, -0.2) is 9.37 Å². The summed E-state index contributed by atoms with van der Waals surface area (Å²) in [6.45, 7) is 6.86. The number of anilines is 1. The summed E-state index contributed by atoms with van der Waals surface area (Å²) in [6.07, 6.45) is 4.23. The lowest BCUT2D eigenvalue weighted by atomic mass is 10.2. The van der Waals surface area contributed by atoms with Crippen LogP contribution in [0.2, 0.25) is 0 Å². The van der Waals surface area contributed by atoms with E-state index in [-0.39, 0.29) is 5.82 Å². The minimum Gasteiger partial charge on any atom is -0.369 e. The Morgan fingerprint density at radius 3 is 2.46 bits per heavy atom. The highest BCUT2D eigenvalue weighted by Crippen LogP contribution is 2.18. The van der Waals surface area contributed by atoms with Gasteiger partial charge in [-0.1, -0.05) is 6.07 Å². The van der Waals surface area contributed by atoms with E-state index in [1.165, 1.54) is 17.7 Å². The van der Waals surface area contributed by atoms with Gasteiger partial charge in [0.15, 0.2) is 0 Å². The Morgan fingerprint density at radius 2 is 1.71 bits per heavy atom. The minimum atomic E-state index is -0.181. The Morgan fingerprint density at radius 1 is 0.958 bits per heavy atom. The van der Waals surface area contributed by atoms with Crippen molar-refractivity contribution in [2.24, 2.45) is 0 Å². The number of imidazole rings is 1. The molecule has 1 saturated heterocycles. The Hall–Kier alpha value is -2.40. The van der Waals surface area contributed by atoms with Gasteiger partial charge in [-0.15, -0.1) is 0 Å². The summed E-state index contributed by atoms with van der Waals surface area (Å²) in [5.74, 6) is -0.181. The molecule has 1 aromatic carbocycles. The fourth-order valence-corrected chi connectivity index (χ4v) is 3.28. The SMILES string of the molecule is Cc1ccc2nc(CN3CCN(c4ccc(F)cc4)CC3)cn2c1. The quantitative estimate of drug-likeness (QED) is 0.740. The van der Waals surface area contributed by atoms with E-state index in [1.54, 1.807) is 0 Å². The number of piperazine rings is 1. The number of hydrogen-bond acceptors (Lipinski definition) is 3. The number of aromatic nitrogens is 2. The second kappa shape index (κ2) is 6.24. The fraction of sp³-hybridized carbons (Fsp3) is 0.316. The van der Waals surface area contributed by atoms with Gasteiger partial charge in [-0.3, -0.25) is 4.90 Å². The Labute approximate surface area is 141 Å². The number of pyridine rings is 1. The zero-order valence-electron chi connectivity index (χ0n) is 13.8. The lowest BCUT2D eigenvalue weighted by Gasteiger charge is -2.35. The molecule has 1 aliphatic heterocycles. The van der Waals surface area contributed by atoms with Crippen LogP contribution in [0.1, 0.15) is 11.3 Å². The van der Waals surface area contributed by atoms with E-state index >= 15 is 0 Å². The van der Waals surface area contributed by atoms with Gasteiger partial charge in [0.25, 0.3) is 0 Å². The Balaban J connectivity index is 1.39. The van der Waals surface area contributed by atoms with Crippen LogP contribution in [0.15, 0.2) is 48.8 Å². The lowest BCUT2D eigenvalue weighted by molar-refractivity contribution is 0.247. The summed E-state index contributed by atoms with van der Waals surface area (Å²) in [6, 6.07) is 10.9. The molecular weight excluding hydrogens is 303 g/mol. The number of benzene rings is 1. The molecule has 4 nitrogen and oxygen atoms in total. The molecule has 0 saturated carbocycles. The maximum absolute atomic E-state index is 13.0. The van der Waals surface area contributed by atoms with Crippen LogP contribution in [0.25, 0.3) is 5.65 Å². The predicted molar refractivity (Wildman–Crippen MR) is 93.8 cm³/mol. The van der Waals surface area contributed by atoms with Crippen molar-refractivity contribution in [3.05, 3.63) is 65.9 Å². The molecule has 4 rings (SSSR count). The third-order valence-electron chi connectivity index (χ3n) is 4.60. The molecule has 2 aromatic heterocycles. The van der Waals surface area contributed by atoms with Crippen LogP contribution in [0.4, 0.5) is 10.1 Å². The van der Waals surface area contributed by atoms with Crippen LogP contribution in [-0.2, 0) is 6.54 Å². The van der Waals surface area contributed by atoms with Crippen LogP contribution < -0.4 is 4.90 Å². The molecule has 3 heterocycles. The minimum absolute atomic E-state index is 0.181. The average Bonchev–Trinajstić information content (AvgIpc) is 2.98. The van der Waals surface area contributed by atoms with Gasteiger partial charge in [0.1, 0.15) is 11.5 Å². The van der Waals surface area contributed by atoms with Crippen molar-refractivity contribution < 1.29 is 4.39 Å². The van der Waals surface area contributed by atoms with Crippen LogP contribution in [0, 0.1) is 12.7 Å². The van der Waals surface area contributed by atoms with E-state index < -0.39 is 0 Å². The molecule has 5 heteroatoms. The van der Waals surface area contributed by atoms with Gasteiger partial charge in [0, 0.05) is 50.8 Å². The molecule has 24 heavy (non-hydrogen) atoms. The van der Waals surface area contributed by atoms with Gasteiger partial charge >= 0.3 is 0 Å². The number of nitrogens with zero attached hydrogens (tertiary/aromatic N) is 4. The van der Waals surface area contributed by atoms with Crippen molar-refractivity contribution in [2.75, 3.05) is 31.1 Å². The van der Waals surface area contributed by atoms with Crippen molar-refractivity contribution in [1.29, 1.82) is 0 Å². The Kier molecular flexibility index (Phi) is 3.94. The van der Waals surface area contributed by atoms with E-state index in [1.807, 2.05) is 12.1 Å². The first-order valence-corrected chi connectivity index (χ1v) is 8.34. The molecule has 0 unspecified atom stereocenters. The largest absolute Gasteiger partial charge is 0.369 e. The zero-order chi connectivity index (χ0) is 16.5. The highest BCUT2D eigenvalue weighted by molar-refractivity contribution is 5.46. The summed E-state index contributed by atoms with van der Waals surface area (Å²) in [5.41, 5.74) is 4.44. The molecule has 0 aliphatic carbocycles. The normalized spacial score (nSPS) is 16.0. The third kappa shape index (κ3) is 3.12. The summed E-state index contributed by atoms with van der Waals surface area (Å²) in [7, 11) is 0. The second-order valence-electron chi connectivity index (χ2n) is 6.44. The molecule has 124 valence electrons. The molecule has 3 aromatic rings. The standard InChI is InChI=1S/C19H21FN4/c1-15-2-7-19-21-17(14-24(19)12-15)13-22-8-10-23(11-9-22)18-5-3-16(20)4-6-18/h2-7,12,14H,8-11,13H2,1H3. The molecule has 0 amide bonds. The molecule has 0 atom stereocenters. The van der Waals surface area contributed by atoms with Crippen LogP contribution in [-0.4, -0.2) is 40.5 Å². The fourth-order valence-electron chi connectivity index (χ4n) is 3.28. The van der Waals surface area contributed by atoms with Gasteiger partial charge in [-0.05, 0) is 42.8 Å². The number of hydrogen-bond donors (Lipinski definition) is 0. The summed E-state index contributed by atoms with van der Waals surface area (Å²) >= 11 is 0. The Bertz CT molecular complexity index is 832. The first-order chi connectivity index (χ1) is 11.7. The molecule has 0 bridgehead atoms. The number of fused-ring (bicyclic) bond motifs is 1. The van der Waals surface area contributed by atoms with E-state index in [2.05, 4.69) is 45.7 Å². The summed E-state index contributed by atoms with van der Waals surface area (Å²) < 4.78 is 15.1. The van der Waals surface area contributed by atoms with E-state index in [4.69, 9.17) is 4.98 Å². The predicted octanol–water partition coefficient (Wildman–Crippen LogP) is 3.10. The number of aryl methyl sites for hydroxylation is 1. The van der Waals surface area contributed by atoms with Crippen molar-refractivity contribution in [3.8, 4) is 0 Å².